The van der Waals surface area contributed by atoms with Gasteiger partial charge in [0.1, 0.15) is 0 Å². The van der Waals surface area contributed by atoms with Crippen molar-refractivity contribution in [1.82, 2.24) is 19.6 Å². The Hall–Kier alpha value is -0.160. The third kappa shape index (κ3) is 38.9. The Morgan fingerprint density at radius 3 is 0.739 bits per heavy atom. The summed E-state index contributed by atoms with van der Waals surface area (Å²) in [5.41, 5.74) is 12.1. The molecule has 20 fully saturated rings. The van der Waals surface area contributed by atoms with E-state index in [4.69, 9.17) is 0 Å². The number of hydrogen-bond acceptors (Lipinski definition) is 4. The normalized spacial score (nSPS) is 31.7. The zero-order valence-electron chi connectivity index (χ0n) is 101. The highest BCUT2D eigenvalue weighted by molar-refractivity contribution is 5.10. The van der Waals surface area contributed by atoms with E-state index in [1.54, 1.807) is 116 Å². The molecule has 0 aromatic rings. The van der Waals surface area contributed by atoms with Gasteiger partial charge >= 0.3 is 0 Å². The maximum absolute atomic E-state index is 2.49. The molecule has 138 heavy (non-hydrogen) atoms. The summed E-state index contributed by atoms with van der Waals surface area (Å²) in [5, 5.41) is 0. The summed E-state index contributed by atoms with van der Waals surface area (Å²) in [6.45, 7) is 82.1. The standard InChI is InChI=1S/C15H29N.C15H28.C14H27N.2C14H26.2C13H25N.C13H24.C12H22.C11H20/c1-14(2,3)6-5-13-11-15(12-13)7-9-16(4)10-8-15;1-14(2,3)10-7-13-11-15(12-13)8-5-4-6-9-15;1-13(2,3)6-5-12-11-14(12)7-9-15(4)10-8-14;1-13(2,3)10-7-12-11-14(12)8-5-4-6-9-14;1-13(2,3)9-12-10-14(11-12)7-5-4-6-8-14;1-12(2,3)11-9-13(10-11)5-7-14(4)8-6-13;1-12(2,3)9-11-10-13(11)5-7-14(4)8-6-13;1-12(2,3)9-11-10-13(11)7-5-4-6-8-13;1-12(2,3)8-7-11-9-5-4-6-10(9)11;1-11(2,3)7-10-8-5-4-6-9(8)10/h13H,5-12H2,1-4H3;13H,4-12H2,1-3H3;12H,5-11H2,1-4H3;2*12H,4-11H2,1-3H3;2*11H,5-10H2,1-4H3;11H,4-10H2,1-3H3;9-11H,4-8H2,1-3H3;8-10H,4-7H2,1-3H3. The molecule has 8 unspecified atom stereocenters. The van der Waals surface area contributed by atoms with Crippen LogP contribution in [-0.4, -0.2) is 100 Å². The second-order valence-corrected chi connectivity index (χ2v) is 68.2. The highest BCUT2D eigenvalue weighted by Crippen LogP contribution is 2.69. The van der Waals surface area contributed by atoms with E-state index in [-0.39, 0.29) is 0 Å². The molecule has 0 amide bonds. The van der Waals surface area contributed by atoms with Crippen LogP contribution < -0.4 is 0 Å². The van der Waals surface area contributed by atoms with Crippen LogP contribution in [0.2, 0.25) is 0 Å². The minimum atomic E-state index is 0.537. The van der Waals surface area contributed by atoms with Gasteiger partial charge in [0, 0.05) is 0 Å². The Morgan fingerprint density at radius 2 is 0.435 bits per heavy atom. The van der Waals surface area contributed by atoms with E-state index in [0.717, 1.165) is 114 Å². The van der Waals surface area contributed by atoms with Crippen molar-refractivity contribution in [1.29, 1.82) is 0 Å². The first-order valence-corrected chi connectivity index (χ1v) is 62.5. The minimum Gasteiger partial charge on any atom is -0.306 e. The van der Waals surface area contributed by atoms with E-state index in [0.29, 0.717) is 54.1 Å². The molecule has 20 rings (SSSR count). The Balaban J connectivity index is 0.000000147. The number of hydrogen-bond donors (Lipinski definition) is 0. The molecular formula is C134H252N4. The number of rotatable bonds is 14. The van der Waals surface area contributed by atoms with Crippen LogP contribution in [0.1, 0.15) is 593 Å². The van der Waals surface area contributed by atoms with Crippen molar-refractivity contribution < 1.29 is 0 Å². The second kappa shape index (κ2) is 47.8. The molecule has 4 aliphatic heterocycles. The molecule has 20 aliphatic rings. The lowest BCUT2D eigenvalue weighted by atomic mass is 9.52. The van der Waals surface area contributed by atoms with E-state index >= 15 is 0 Å². The van der Waals surface area contributed by atoms with Gasteiger partial charge in [0.15, 0.2) is 0 Å². The van der Waals surface area contributed by atoms with Crippen LogP contribution in [0.4, 0.5) is 0 Å². The van der Waals surface area contributed by atoms with Crippen molar-refractivity contribution >= 4 is 0 Å². The molecule has 8 spiro atoms. The second-order valence-electron chi connectivity index (χ2n) is 68.2. The molecule has 4 saturated heterocycles. The molecule has 4 heterocycles. The van der Waals surface area contributed by atoms with Crippen molar-refractivity contribution in [2.45, 2.75) is 593 Å². The summed E-state index contributed by atoms with van der Waals surface area (Å²) < 4.78 is 0. The molecule has 0 N–H and O–H groups in total. The first-order chi connectivity index (χ1) is 63.8. The van der Waals surface area contributed by atoms with E-state index in [2.05, 4.69) is 256 Å². The molecule has 4 heteroatoms. The van der Waals surface area contributed by atoms with Crippen molar-refractivity contribution in [2.75, 3.05) is 80.5 Å². The number of piperidine rings is 4. The highest BCUT2D eigenvalue weighted by atomic mass is 15.1. The number of fused-ring (bicyclic) bond motifs is 2. The third-order valence-corrected chi connectivity index (χ3v) is 42.9. The molecule has 808 valence electrons. The first kappa shape index (κ1) is 118. The predicted molar refractivity (Wildman–Crippen MR) is 610 cm³/mol. The summed E-state index contributed by atoms with van der Waals surface area (Å²) in [4.78, 5) is 9.95. The molecule has 16 saturated carbocycles. The van der Waals surface area contributed by atoms with Gasteiger partial charge in [-0.15, -0.1) is 0 Å². The smallest absolute Gasteiger partial charge is 0.00164 e. The van der Waals surface area contributed by atoms with Gasteiger partial charge in [-0.1, -0.05) is 298 Å². The summed E-state index contributed by atoms with van der Waals surface area (Å²) in [7, 11) is 9.04. The summed E-state index contributed by atoms with van der Waals surface area (Å²) in [6.07, 6.45) is 90.5. The van der Waals surface area contributed by atoms with Crippen LogP contribution in [0.5, 0.6) is 0 Å². The number of nitrogens with zero attached hydrogens (tertiary/aromatic N) is 4. The lowest BCUT2D eigenvalue weighted by Gasteiger charge is -2.56. The van der Waals surface area contributed by atoms with Gasteiger partial charge in [0.2, 0.25) is 0 Å². The molecule has 0 aromatic heterocycles. The van der Waals surface area contributed by atoms with Gasteiger partial charge in [-0.05, 0) is 556 Å². The maximum Gasteiger partial charge on any atom is -0.00164 e. The van der Waals surface area contributed by atoms with Gasteiger partial charge in [0.25, 0.3) is 0 Å². The van der Waals surface area contributed by atoms with Crippen molar-refractivity contribution in [2.24, 2.45) is 180 Å². The Bertz CT molecular complexity index is 3390. The molecule has 16 aliphatic carbocycles. The van der Waals surface area contributed by atoms with Crippen molar-refractivity contribution in [3.63, 3.8) is 0 Å². The molecule has 0 bridgehead atoms. The summed E-state index contributed by atoms with van der Waals surface area (Å²) >= 11 is 0. The Labute approximate surface area is 867 Å². The van der Waals surface area contributed by atoms with Crippen LogP contribution in [0.3, 0.4) is 0 Å². The quantitative estimate of drug-likeness (QED) is 0.172. The summed E-state index contributed by atoms with van der Waals surface area (Å²) in [6, 6.07) is 0. The van der Waals surface area contributed by atoms with Crippen LogP contribution >= 0.6 is 0 Å². The first-order valence-electron chi connectivity index (χ1n) is 62.5. The SMILES string of the molecule is CC(C)(C)CC1C2CCCC21.CC(C)(C)CC1CC12CCCCC2.CC(C)(C)CC1CC2(CCCCC2)C1.CC(C)(C)CCC1C2CCCC21.CC(C)(C)CCC1CC12CCCCC2.CC(C)(C)CCC1CC2(CCCCC2)C1.CN1CCC2(CC1)CC(C(C)(C)C)C2.CN1CCC2(CC1)CC(CCC(C)(C)C)C2.CN1CCC2(CC1)CC2CC(C)(C)C.CN1CCC2(CC1)CC2CCC(C)(C)C. The molecule has 8 atom stereocenters. The van der Waals surface area contributed by atoms with Gasteiger partial charge in [-0.2, -0.15) is 0 Å². The molecule has 4 nitrogen and oxygen atoms in total. The van der Waals surface area contributed by atoms with Gasteiger partial charge in [-0.3, -0.25) is 0 Å². The van der Waals surface area contributed by atoms with Crippen LogP contribution in [0.25, 0.3) is 0 Å². The topological polar surface area (TPSA) is 13.0 Å². The van der Waals surface area contributed by atoms with E-state index in [1.807, 2.05) is 0 Å². The lowest BCUT2D eigenvalue weighted by Crippen LogP contribution is -2.49. The summed E-state index contributed by atoms with van der Waals surface area (Å²) in [5.74, 6) is 15.5. The van der Waals surface area contributed by atoms with Crippen LogP contribution in [0, 0.1) is 180 Å². The average molecular weight is 1920 g/mol. The van der Waals surface area contributed by atoms with Crippen LogP contribution in [0.15, 0.2) is 0 Å². The van der Waals surface area contributed by atoms with Crippen molar-refractivity contribution in [3.8, 4) is 0 Å². The zero-order valence-corrected chi connectivity index (χ0v) is 101. The van der Waals surface area contributed by atoms with Gasteiger partial charge in [0.05, 0.1) is 0 Å². The van der Waals surface area contributed by atoms with E-state index in [9.17, 15) is 0 Å². The number of likely N-dealkylation sites (tertiary alicyclic amines) is 4. The monoisotopic (exact) mass is 1920 g/mol. The zero-order chi connectivity index (χ0) is 101. The minimum absolute atomic E-state index is 0.537. The van der Waals surface area contributed by atoms with Crippen LogP contribution in [-0.2, 0) is 0 Å². The fourth-order valence-corrected chi connectivity index (χ4v) is 33.1. The third-order valence-electron chi connectivity index (χ3n) is 42.9. The van der Waals surface area contributed by atoms with Gasteiger partial charge < -0.3 is 19.6 Å². The average Bonchev–Trinajstić information content (AvgIpc) is 1.66. The maximum atomic E-state index is 2.49. The molecule has 0 radical (unpaired) electrons. The Kier molecular flexibility index (Phi) is 40.9. The highest BCUT2D eigenvalue weighted by Gasteiger charge is 2.60. The van der Waals surface area contributed by atoms with Gasteiger partial charge in [-0.25, -0.2) is 0 Å². The van der Waals surface area contributed by atoms with E-state index < -0.39 is 0 Å². The fourth-order valence-electron chi connectivity index (χ4n) is 33.1. The molecule has 0 aromatic carbocycles. The fraction of sp³-hybridized carbons (Fsp3) is 1.00. The molecular weight excluding hydrogens is 1670 g/mol. The van der Waals surface area contributed by atoms with Crippen molar-refractivity contribution in [3.05, 3.63) is 0 Å². The largest absolute Gasteiger partial charge is 0.306 e. The Morgan fingerprint density at radius 1 is 0.196 bits per heavy atom. The predicted octanol–water partition coefficient (Wildman–Crippen LogP) is 40.2. The van der Waals surface area contributed by atoms with E-state index in [1.165, 1.54) is 334 Å². The lowest BCUT2D eigenvalue weighted by molar-refractivity contribution is -0.0525.